The van der Waals surface area contributed by atoms with Gasteiger partial charge in [-0.3, -0.25) is 4.90 Å². The molecule has 1 aliphatic rings. The van der Waals surface area contributed by atoms with Crippen molar-refractivity contribution in [2.24, 2.45) is 0 Å². The first-order chi connectivity index (χ1) is 19.6. The molecule has 2 heteroatoms. The quantitative estimate of drug-likeness (QED) is 0.171. The van der Waals surface area contributed by atoms with Gasteiger partial charge in [0.2, 0.25) is 0 Å². The van der Waals surface area contributed by atoms with Gasteiger partial charge in [0, 0.05) is 18.7 Å². The van der Waals surface area contributed by atoms with Gasteiger partial charge in [-0.15, -0.1) is 0 Å². The lowest BCUT2D eigenvalue weighted by molar-refractivity contribution is 0.241. The van der Waals surface area contributed by atoms with Gasteiger partial charge in [0.25, 0.3) is 0 Å². The number of hydrogen-bond acceptors (Lipinski definition) is 2. The highest BCUT2D eigenvalue weighted by molar-refractivity contribution is 5.47. The Hall–Kier alpha value is -3.36. The van der Waals surface area contributed by atoms with Crippen molar-refractivity contribution >= 4 is 0 Å². The lowest BCUT2D eigenvalue weighted by Gasteiger charge is -2.26. The largest absolute Gasteiger partial charge is 0.489 e. The molecular formula is C38H45NO. The second kappa shape index (κ2) is 13.8. The van der Waals surface area contributed by atoms with Crippen LogP contribution in [0.15, 0.2) is 84.9 Å². The Balaban J connectivity index is 1.36. The van der Waals surface area contributed by atoms with Crippen molar-refractivity contribution in [3.63, 3.8) is 0 Å². The molecule has 2 nitrogen and oxygen atoms in total. The van der Waals surface area contributed by atoms with Gasteiger partial charge < -0.3 is 4.74 Å². The molecule has 0 atom stereocenters. The topological polar surface area (TPSA) is 12.5 Å². The van der Waals surface area contributed by atoms with Gasteiger partial charge in [-0.1, -0.05) is 103 Å². The molecule has 4 aromatic rings. The minimum Gasteiger partial charge on any atom is -0.489 e. The predicted molar refractivity (Wildman–Crippen MR) is 168 cm³/mol. The minimum absolute atomic E-state index is 0.615. The zero-order chi connectivity index (χ0) is 27.7. The number of ether oxygens (including phenoxy) is 1. The fourth-order valence-corrected chi connectivity index (χ4v) is 6.16. The molecule has 0 saturated carbocycles. The van der Waals surface area contributed by atoms with Crippen molar-refractivity contribution in [2.75, 3.05) is 6.54 Å². The highest BCUT2D eigenvalue weighted by atomic mass is 16.5. The van der Waals surface area contributed by atoms with Gasteiger partial charge in [-0.25, -0.2) is 0 Å². The van der Waals surface area contributed by atoms with Crippen LogP contribution in [0.4, 0.5) is 0 Å². The molecule has 0 aromatic heterocycles. The average molecular weight is 532 g/mol. The molecule has 0 aliphatic heterocycles. The van der Waals surface area contributed by atoms with E-state index in [2.05, 4.69) is 111 Å². The van der Waals surface area contributed by atoms with Crippen molar-refractivity contribution in [3.05, 3.63) is 135 Å². The van der Waals surface area contributed by atoms with E-state index in [-0.39, 0.29) is 0 Å². The van der Waals surface area contributed by atoms with Crippen LogP contribution < -0.4 is 4.74 Å². The highest BCUT2D eigenvalue weighted by Gasteiger charge is 2.21. The van der Waals surface area contributed by atoms with Crippen LogP contribution in [0.3, 0.4) is 0 Å². The molecule has 0 bridgehead atoms. The summed E-state index contributed by atoms with van der Waals surface area (Å²) in [5.74, 6) is 1.07. The van der Waals surface area contributed by atoms with Crippen LogP contribution in [0.2, 0.25) is 0 Å². The van der Waals surface area contributed by atoms with Crippen LogP contribution in [0.1, 0.15) is 76.3 Å². The number of rotatable bonds is 13. The molecule has 0 N–H and O–H groups in total. The fraction of sp³-hybridized carbons (Fsp3) is 0.368. The Kier molecular flexibility index (Phi) is 9.73. The van der Waals surface area contributed by atoms with E-state index in [0.717, 1.165) is 38.2 Å². The molecule has 5 rings (SSSR count). The summed E-state index contributed by atoms with van der Waals surface area (Å²) in [6, 6.07) is 31.3. The minimum atomic E-state index is 0.615. The maximum absolute atomic E-state index is 6.55. The van der Waals surface area contributed by atoms with Crippen molar-refractivity contribution in [1.82, 2.24) is 4.90 Å². The lowest BCUT2D eigenvalue weighted by atomic mass is 9.98. The standard InChI is InChI=1S/C38H45NO/c1-4-5-23-39(26-35-16-7-6-15-33(35)20-19-31-13-8-11-29(2)24-31)27-37-36-18-10-17-34(36)21-22-38(37)40-28-32-14-9-12-30(3)25-32/h6-9,11-16,21-22,24-25H,4-5,10,17-20,23,26-28H2,1-3H3. The molecule has 208 valence electrons. The fourth-order valence-electron chi connectivity index (χ4n) is 6.16. The lowest BCUT2D eigenvalue weighted by Crippen LogP contribution is -2.25. The number of fused-ring (bicyclic) bond motifs is 1. The Bertz CT molecular complexity index is 1400. The molecule has 0 amide bonds. The first kappa shape index (κ1) is 28.2. The molecule has 1 aliphatic carbocycles. The highest BCUT2D eigenvalue weighted by Crippen LogP contribution is 2.34. The van der Waals surface area contributed by atoms with Crippen LogP contribution in [0.25, 0.3) is 0 Å². The molecule has 0 spiro atoms. The summed E-state index contributed by atoms with van der Waals surface area (Å²) in [5, 5.41) is 0. The van der Waals surface area contributed by atoms with Crippen LogP contribution >= 0.6 is 0 Å². The third-order valence-electron chi connectivity index (χ3n) is 8.32. The first-order valence-corrected chi connectivity index (χ1v) is 15.3. The summed E-state index contributed by atoms with van der Waals surface area (Å²) >= 11 is 0. The van der Waals surface area contributed by atoms with E-state index < -0.39 is 0 Å². The van der Waals surface area contributed by atoms with Crippen LogP contribution in [-0.4, -0.2) is 11.4 Å². The van der Waals surface area contributed by atoms with Crippen molar-refractivity contribution in [1.29, 1.82) is 0 Å². The van der Waals surface area contributed by atoms with Crippen LogP contribution in [0.5, 0.6) is 5.75 Å². The van der Waals surface area contributed by atoms with Gasteiger partial charge in [0.1, 0.15) is 12.4 Å². The average Bonchev–Trinajstić information content (AvgIpc) is 3.44. The third kappa shape index (κ3) is 7.43. The zero-order valence-electron chi connectivity index (χ0n) is 24.7. The predicted octanol–water partition coefficient (Wildman–Crippen LogP) is 8.96. The van der Waals surface area contributed by atoms with E-state index in [9.17, 15) is 0 Å². The summed E-state index contributed by atoms with van der Waals surface area (Å²) in [5.41, 5.74) is 12.7. The Labute approximate surface area is 242 Å². The second-order valence-electron chi connectivity index (χ2n) is 11.6. The molecular weight excluding hydrogens is 486 g/mol. The van der Waals surface area contributed by atoms with Gasteiger partial charge in [0.05, 0.1) is 0 Å². The summed E-state index contributed by atoms with van der Waals surface area (Å²) in [4.78, 5) is 2.67. The number of aryl methyl sites for hydroxylation is 5. The number of benzene rings is 4. The SMILES string of the molecule is CCCCN(Cc1ccccc1CCc1cccc(C)c1)Cc1c(OCc2cccc(C)c2)ccc2c1CCC2. The van der Waals surface area contributed by atoms with Gasteiger partial charge >= 0.3 is 0 Å². The van der Waals surface area contributed by atoms with E-state index >= 15 is 0 Å². The molecule has 0 heterocycles. The zero-order valence-corrected chi connectivity index (χ0v) is 24.7. The van der Waals surface area contributed by atoms with Crippen molar-refractivity contribution < 1.29 is 4.74 Å². The Morgan fingerprint density at radius 2 is 1.48 bits per heavy atom. The summed E-state index contributed by atoms with van der Waals surface area (Å²) in [6.07, 6.45) is 8.18. The maximum atomic E-state index is 6.55. The van der Waals surface area contributed by atoms with Gasteiger partial charge in [0.15, 0.2) is 0 Å². The van der Waals surface area contributed by atoms with E-state index in [1.165, 1.54) is 82.2 Å². The van der Waals surface area contributed by atoms with Gasteiger partial charge in [-0.05, 0) is 98.4 Å². The van der Waals surface area contributed by atoms with Gasteiger partial charge in [-0.2, -0.15) is 0 Å². The molecule has 4 aromatic carbocycles. The van der Waals surface area contributed by atoms with Crippen molar-refractivity contribution in [3.8, 4) is 5.75 Å². The third-order valence-corrected chi connectivity index (χ3v) is 8.32. The maximum Gasteiger partial charge on any atom is 0.124 e. The smallest absolute Gasteiger partial charge is 0.124 e. The molecule has 0 radical (unpaired) electrons. The molecule has 0 fully saturated rings. The summed E-state index contributed by atoms with van der Waals surface area (Å²) in [6.45, 7) is 10.3. The van der Waals surface area contributed by atoms with E-state index in [0.29, 0.717) is 6.61 Å². The normalized spacial score (nSPS) is 12.6. The molecule has 0 unspecified atom stereocenters. The van der Waals surface area contributed by atoms with E-state index in [1.54, 1.807) is 0 Å². The van der Waals surface area contributed by atoms with E-state index in [1.807, 2.05) is 0 Å². The van der Waals surface area contributed by atoms with E-state index in [4.69, 9.17) is 4.74 Å². The molecule has 0 saturated heterocycles. The van der Waals surface area contributed by atoms with Crippen LogP contribution in [-0.2, 0) is 45.4 Å². The first-order valence-electron chi connectivity index (χ1n) is 15.3. The Morgan fingerprint density at radius 3 is 2.25 bits per heavy atom. The van der Waals surface area contributed by atoms with Crippen molar-refractivity contribution in [2.45, 2.75) is 85.4 Å². The Morgan fingerprint density at radius 1 is 0.725 bits per heavy atom. The second-order valence-corrected chi connectivity index (χ2v) is 11.6. The monoisotopic (exact) mass is 531 g/mol. The molecule has 40 heavy (non-hydrogen) atoms. The number of unbranched alkanes of at least 4 members (excludes halogenated alkanes) is 1. The summed E-state index contributed by atoms with van der Waals surface area (Å²) < 4.78 is 6.55. The summed E-state index contributed by atoms with van der Waals surface area (Å²) in [7, 11) is 0. The number of hydrogen-bond donors (Lipinski definition) is 0. The number of nitrogens with zero attached hydrogens (tertiary/aromatic N) is 1. The van der Waals surface area contributed by atoms with Crippen LogP contribution in [0, 0.1) is 13.8 Å².